The second-order valence-electron chi connectivity index (χ2n) is 7.55. The van der Waals surface area contributed by atoms with Crippen molar-refractivity contribution >= 4 is 29.2 Å². The van der Waals surface area contributed by atoms with Gasteiger partial charge in [0.1, 0.15) is 6.04 Å². The first-order valence-corrected chi connectivity index (χ1v) is 9.48. The van der Waals surface area contributed by atoms with Gasteiger partial charge in [-0.3, -0.25) is 9.59 Å². The van der Waals surface area contributed by atoms with Crippen molar-refractivity contribution < 1.29 is 19.1 Å². The molecule has 3 N–H and O–H groups in total. The first-order valence-electron chi connectivity index (χ1n) is 9.48. The Labute approximate surface area is 169 Å². The molecule has 1 heterocycles. The molecule has 0 saturated heterocycles. The predicted octanol–water partition coefficient (Wildman–Crippen LogP) is 2.95. The summed E-state index contributed by atoms with van der Waals surface area (Å²) in [5.74, 6) is -0.729. The van der Waals surface area contributed by atoms with Crippen LogP contribution < -0.4 is 16.0 Å². The first kappa shape index (κ1) is 20.4. The Morgan fingerprint density at radius 3 is 2.38 bits per heavy atom. The van der Waals surface area contributed by atoms with Crippen LogP contribution in [-0.4, -0.2) is 30.9 Å². The van der Waals surface area contributed by atoms with E-state index in [4.69, 9.17) is 10.5 Å². The summed E-state index contributed by atoms with van der Waals surface area (Å²) in [6.45, 7) is 4.62. The number of fused-ring (bicyclic) bond motifs is 1. The van der Waals surface area contributed by atoms with E-state index in [1.807, 2.05) is 23.1 Å². The third-order valence-electron chi connectivity index (χ3n) is 4.95. The lowest BCUT2D eigenvalue weighted by atomic mass is 9.96. The minimum absolute atomic E-state index is 0.112. The maximum absolute atomic E-state index is 12.8. The maximum atomic E-state index is 12.8. The Bertz CT molecular complexity index is 938. The van der Waals surface area contributed by atoms with Gasteiger partial charge in [0.15, 0.2) is 0 Å². The van der Waals surface area contributed by atoms with Crippen molar-refractivity contribution in [3.05, 3.63) is 59.2 Å². The summed E-state index contributed by atoms with van der Waals surface area (Å²) in [5, 5.41) is 2.91. The van der Waals surface area contributed by atoms with E-state index >= 15 is 0 Å². The van der Waals surface area contributed by atoms with E-state index in [1.54, 1.807) is 24.3 Å². The summed E-state index contributed by atoms with van der Waals surface area (Å²) >= 11 is 0. The van der Waals surface area contributed by atoms with Crippen LogP contribution in [0.4, 0.5) is 11.4 Å². The summed E-state index contributed by atoms with van der Waals surface area (Å²) < 4.78 is 4.74. The highest BCUT2D eigenvalue weighted by Gasteiger charge is 2.33. The molecular weight excluding hydrogens is 370 g/mol. The number of anilines is 2. The predicted molar refractivity (Wildman–Crippen MR) is 111 cm³/mol. The molecule has 7 nitrogen and oxygen atoms in total. The fraction of sp³-hybridized carbons (Fsp3) is 0.318. The van der Waals surface area contributed by atoms with Gasteiger partial charge in [-0.15, -0.1) is 0 Å². The summed E-state index contributed by atoms with van der Waals surface area (Å²) in [4.78, 5) is 38.0. The Balaban J connectivity index is 1.96. The highest BCUT2D eigenvalue weighted by molar-refractivity contribution is 6.05. The molecule has 7 heteroatoms. The highest BCUT2D eigenvalue weighted by atomic mass is 16.5. The fourth-order valence-electron chi connectivity index (χ4n) is 3.50. The second-order valence-corrected chi connectivity index (χ2v) is 7.55. The summed E-state index contributed by atoms with van der Waals surface area (Å²) in [6, 6.07) is 11.9. The SMILES string of the molecule is COC(=O)c1ccc(CN2c3ccc(C(N)=O)cc3NC(=O)C2CC(C)C)cc1. The second kappa shape index (κ2) is 8.34. The third kappa shape index (κ3) is 4.39. The Kier molecular flexibility index (Phi) is 5.87. The van der Waals surface area contributed by atoms with E-state index in [9.17, 15) is 14.4 Å². The average Bonchev–Trinajstić information content (AvgIpc) is 2.69. The average molecular weight is 395 g/mol. The van der Waals surface area contributed by atoms with Crippen LogP contribution in [0.3, 0.4) is 0 Å². The molecule has 2 aromatic rings. The topological polar surface area (TPSA) is 102 Å². The molecular formula is C22H25N3O4. The molecule has 0 fully saturated rings. The van der Waals surface area contributed by atoms with E-state index in [0.717, 1.165) is 11.3 Å². The van der Waals surface area contributed by atoms with Crippen molar-refractivity contribution in [1.82, 2.24) is 0 Å². The Hall–Kier alpha value is -3.35. The van der Waals surface area contributed by atoms with Crippen LogP contribution in [0.15, 0.2) is 42.5 Å². The number of amides is 2. The van der Waals surface area contributed by atoms with E-state index in [1.165, 1.54) is 7.11 Å². The molecule has 0 radical (unpaired) electrons. The van der Waals surface area contributed by atoms with Crippen LogP contribution in [0.5, 0.6) is 0 Å². The van der Waals surface area contributed by atoms with Crippen molar-refractivity contribution in [2.75, 3.05) is 17.3 Å². The number of methoxy groups -OCH3 is 1. The molecule has 3 rings (SSSR count). The number of carbonyl (C=O) groups excluding carboxylic acids is 3. The van der Waals surface area contributed by atoms with E-state index in [-0.39, 0.29) is 11.9 Å². The molecule has 0 aliphatic carbocycles. The molecule has 29 heavy (non-hydrogen) atoms. The van der Waals surface area contributed by atoms with Crippen LogP contribution >= 0.6 is 0 Å². The first-order chi connectivity index (χ1) is 13.8. The van der Waals surface area contributed by atoms with Crippen molar-refractivity contribution in [3.8, 4) is 0 Å². The lowest BCUT2D eigenvalue weighted by Gasteiger charge is -2.39. The number of rotatable bonds is 6. The Morgan fingerprint density at radius 1 is 1.14 bits per heavy atom. The summed E-state index contributed by atoms with van der Waals surface area (Å²) in [6.07, 6.45) is 0.684. The molecule has 1 unspecified atom stereocenters. The third-order valence-corrected chi connectivity index (χ3v) is 4.95. The van der Waals surface area contributed by atoms with Crippen LogP contribution in [0.1, 0.15) is 46.5 Å². The number of hydrogen-bond acceptors (Lipinski definition) is 5. The quantitative estimate of drug-likeness (QED) is 0.732. The Morgan fingerprint density at radius 2 is 1.79 bits per heavy atom. The van der Waals surface area contributed by atoms with Crippen LogP contribution in [0, 0.1) is 5.92 Å². The van der Waals surface area contributed by atoms with Gasteiger partial charge >= 0.3 is 5.97 Å². The van der Waals surface area contributed by atoms with Gasteiger partial charge in [-0.2, -0.15) is 0 Å². The molecule has 2 aromatic carbocycles. The zero-order chi connectivity index (χ0) is 21.1. The smallest absolute Gasteiger partial charge is 0.337 e. The van der Waals surface area contributed by atoms with Crippen molar-refractivity contribution in [2.45, 2.75) is 32.9 Å². The number of hydrogen-bond donors (Lipinski definition) is 2. The van der Waals surface area contributed by atoms with Crippen molar-refractivity contribution in [1.29, 1.82) is 0 Å². The van der Waals surface area contributed by atoms with E-state index in [0.29, 0.717) is 35.7 Å². The molecule has 1 aliphatic rings. The molecule has 1 aliphatic heterocycles. The number of nitrogens with one attached hydrogen (secondary N) is 1. The number of esters is 1. The number of ether oxygens (including phenoxy) is 1. The summed E-state index contributed by atoms with van der Waals surface area (Å²) in [5.41, 5.74) is 8.54. The minimum Gasteiger partial charge on any atom is -0.465 e. The minimum atomic E-state index is -0.545. The van der Waals surface area contributed by atoms with Gasteiger partial charge in [0.05, 0.1) is 24.0 Å². The van der Waals surface area contributed by atoms with Crippen LogP contribution in [-0.2, 0) is 16.1 Å². The van der Waals surface area contributed by atoms with Gasteiger partial charge in [-0.1, -0.05) is 26.0 Å². The van der Waals surface area contributed by atoms with Crippen molar-refractivity contribution in [2.24, 2.45) is 11.7 Å². The molecule has 1 atom stereocenters. The number of primary amides is 1. The lowest BCUT2D eigenvalue weighted by Crippen LogP contribution is -2.48. The van der Waals surface area contributed by atoms with Crippen molar-refractivity contribution in [3.63, 3.8) is 0 Å². The molecule has 2 amide bonds. The largest absolute Gasteiger partial charge is 0.465 e. The van der Waals surface area contributed by atoms with Gasteiger partial charge in [0.2, 0.25) is 11.8 Å². The van der Waals surface area contributed by atoms with Gasteiger partial charge in [-0.25, -0.2) is 4.79 Å². The number of benzene rings is 2. The fourth-order valence-corrected chi connectivity index (χ4v) is 3.50. The van der Waals surface area contributed by atoms with Gasteiger partial charge < -0.3 is 20.7 Å². The molecule has 152 valence electrons. The van der Waals surface area contributed by atoms with Crippen LogP contribution in [0.25, 0.3) is 0 Å². The molecule has 0 spiro atoms. The van der Waals surface area contributed by atoms with Gasteiger partial charge in [0.25, 0.3) is 0 Å². The van der Waals surface area contributed by atoms with Gasteiger partial charge in [-0.05, 0) is 48.2 Å². The molecule has 0 saturated carbocycles. The maximum Gasteiger partial charge on any atom is 0.337 e. The van der Waals surface area contributed by atoms with E-state index < -0.39 is 11.9 Å². The molecule has 0 aromatic heterocycles. The number of carbonyl (C=O) groups is 3. The van der Waals surface area contributed by atoms with Gasteiger partial charge in [0, 0.05) is 12.1 Å². The zero-order valence-electron chi connectivity index (χ0n) is 16.8. The van der Waals surface area contributed by atoms with E-state index in [2.05, 4.69) is 19.2 Å². The monoisotopic (exact) mass is 395 g/mol. The highest BCUT2D eigenvalue weighted by Crippen LogP contribution is 2.36. The zero-order valence-corrected chi connectivity index (χ0v) is 16.8. The molecule has 0 bridgehead atoms. The number of nitrogens with zero attached hydrogens (tertiary/aromatic N) is 1. The summed E-state index contributed by atoms with van der Waals surface area (Å²) in [7, 11) is 1.34. The van der Waals surface area contributed by atoms with Crippen LogP contribution in [0.2, 0.25) is 0 Å². The normalized spacial score (nSPS) is 15.7. The standard InChI is InChI=1S/C22H25N3O4/c1-13(2)10-19-21(27)24-17-11-16(20(23)26)8-9-18(17)25(19)12-14-4-6-15(7-5-14)22(28)29-3/h4-9,11,13,19H,10,12H2,1-3H3,(H2,23,26)(H,24,27). The lowest BCUT2D eigenvalue weighted by molar-refractivity contribution is -0.118. The number of nitrogens with two attached hydrogens (primary N) is 1.